The summed E-state index contributed by atoms with van der Waals surface area (Å²) in [5, 5.41) is 2.73. The van der Waals surface area contributed by atoms with E-state index in [0.29, 0.717) is 18.7 Å². The first-order valence-electron chi connectivity index (χ1n) is 13.3. The summed E-state index contributed by atoms with van der Waals surface area (Å²) < 4.78 is 40.3. The Kier molecular flexibility index (Phi) is 6.23. The van der Waals surface area contributed by atoms with E-state index in [4.69, 9.17) is 0 Å². The van der Waals surface area contributed by atoms with E-state index in [1.54, 1.807) is 19.2 Å². The Balaban J connectivity index is 1.25. The van der Waals surface area contributed by atoms with Crippen molar-refractivity contribution in [3.05, 3.63) is 88.9 Å². The Bertz CT molecular complexity index is 1520. The molecule has 206 valence electrons. The van der Waals surface area contributed by atoms with Crippen LogP contribution in [0.25, 0.3) is 0 Å². The molecule has 0 bridgehead atoms. The molecule has 0 radical (unpaired) electrons. The van der Waals surface area contributed by atoms with Gasteiger partial charge in [-0.05, 0) is 49.9 Å². The Hall–Kier alpha value is -4.08. The zero-order valence-electron chi connectivity index (χ0n) is 22.1. The second-order valence-corrected chi connectivity index (χ2v) is 10.9. The second-order valence-electron chi connectivity index (χ2n) is 10.9. The SMILES string of the molecule is CC1=Nc2ncccc2C12Cc1cc(C(=O)NC3CC(c4ccccc4)C(C)N(CC(F)(F)F)C3=O)cnc1C2. The first-order chi connectivity index (χ1) is 19.1. The third-order valence-electron chi connectivity index (χ3n) is 8.58. The molecule has 0 saturated carbocycles. The number of fused-ring (bicyclic) bond motifs is 3. The largest absolute Gasteiger partial charge is 0.406 e. The van der Waals surface area contributed by atoms with Crippen molar-refractivity contribution in [3.8, 4) is 0 Å². The van der Waals surface area contributed by atoms with Crippen LogP contribution < -0.4 is 5.32 Å². The van der Waals surface area contributed by atoms with Gasteiger partial charge in [0, 0.05) is 53.2 Å². The van der Waals surface area contributed by atoms with Crippen molar-refractivity contribution < 1.29 is 22.8 Å². The highest BCUT2D eigenvalue weighted by Gasteiger charge is 2.48. The molecular weight excluding hydrogens is 519 g/mol. The Morgan fingerprint density at radius 2 is 1.90 bits per heavy atom. The van der Waals surface area contributed by atoms with Crippen LogP contribution in [-0.2, 0) is 23.1 Å². The van der Waals surface area contributed by atoms with E-state index in [1.807, 2.05) is 49.4 Å². The van der Waals surface area contributed by atoms with Crippen LogP contribution in [-0.4, -0.2) is 57.2 Å². The lowest BCUT2D eigenvalue weighted by atomic mass is 9.76. The van der Waals surface area contributed by atoms with Gasteiger partial charge in [-0.3, -0.25) is 14.6 Å². The topological polar surface area (TPSA) is 87.5 Å². The molecule has 1 aromatic carbocycles. The van der Waals surface area contributed by atoms with Crippen LogP contribution >= 0.6 is 0 Å². The summed E-state index contributed by atoms with van der Waals surface area (Å²) in [6.45, 7) is 2.23. The fraction of sp³-hybridized carbons (Fsp3) is 0.367. The Labute approximate surface area is 229 Å². The summed E-state index contributed by atoms with van der Waals surface area (Å²) in [5.74, 6) is -0.947. The maximum Gasteiger partial charge on any atom is 0.406 e. The third kappa shape index (κ3) is 4.45. The lowest BCUT2D eigenvalue weighted by molar-refractivity contribution is -0.170. The molecule has 3 aliphatic rings. The first kappa shape index (κ1) is 26.2. The number of benzene rings is 1. The van der Waals surface area contributed by atoms with E-state index < -0.39 is 36.6 Å². The number of amides is 2. The fourth-order valence-corrected chi connectivity index (χ4v) is 6.48. The summed E-state index contributed by atoms with van der Waals surface area (Å²) in [4.78, 5) is 41.1. The molecule has 1 fully saturated rings. The van der Waals surface area contributed by atoms with E-state index in [9.17, 15) is 22.8 Å². The molecule has 3 aromatic rings. The molecule has 2 aromatic heterocycles. The quantitative estimate of drug-likeness (QED) is 0.514. The average molecular weight is 548 g/mol. The Morgan fingerprint density at radius 3 is 2.65 bits per heavy atom. The molecule has 2 amide bonds. The normalized spacial score (nSPS) is 25.5. The smallest absolute Gasteiger partial charge is 0.340 e. The minimum absolute atomic E-state index is 0.199. The molecule has 4 heterocycles. The van der Waals surface area contributed by atoms with Crippen molar-refractivity contribution in [2.24, 2.45) is 4.99 Å². The number of carbonyl (C=O) groups excluding carboxylic acids is 2. The molecule has 40 heavy (non-hydrogen) atoms. The predicted molar refractivity (Wildman–Crippen MR) is 143 cm³/mol. The highest BCUT2D eigenvalue weighted by atomic mass is 19.4. The van der Waals surface area contributed by atoms with Crippen LogP contribution in [0.1, 0.15) is 58.9 Å². The number of carbonyl (C=O) groups is 2. The zero-order valence-corrected chi connectivity index (χ0v) is 22.1. The number of pyridine rings is 2. The molecule has 1 spiro atoms. The lowest BCUT2D eigenvalue weighted by Crippen LogP contribution is -2.59. The van der Waals surface area contributed by atoms with Gasteiger partial charge in [0.25, 0.3) is 5.91 Å². The summed E-state index contributed by atoms with van der Waals surface area (Å²) in [7, 11) is 0. The molecule has 7 nitrogen and oxygen atoms in total. The van der Waals surface area contributed by atoms with E-state index in [2.05, 4.69) is 20.3 Å². The molecule has 2 aliphatic heterocycles. The summed E-state index contributed by atoms with van der Waals surface area (Å²) in [6.07, 6.45) is 0.0692. The minimum atomic E-state index is -4.56. The van der Waals surface area contributed by atoms with Gasteiger partial charge >= 0.3 is 6.18 Å². The number of halogens is 3. The number of hydrogen-bond donors (Lipinski definition) is 1. The van der Waals surface area contributed by atoms with Crippen LogP contribution in [0.5, 0.6) is 0 Å². The molecular formula is C30H28F3N5O2. The van der Waals surface area contributed by atoms with Crippen molar-refractivity contribution in [2.75, 3.05) is 6.54 Å². The van der Waals surface area contributed by atoms with Gasteiger partial charge in [-0.15, -0.1) is 0 Å². The number of nitrogens with zero attached hydrogens (tertiary/aromatic N) is 4. The number of aromatic nitrogens is 2. The fourth-order valence-electron chi connectivity index (χ4n) is 6.48. The highest BCUT2D eigenvalue weighted by molar-refractivity contribution is 6.01. The van der Waals surface area contributed by atoms with Crippen molar-refractivity contribution >= 4 is 23.3 Å². The standard InChI is InChI=1S/C30H28F3N5O2/c1-17-22(19-7-4-3-5-8-19)12-24(28(40)38(17)16-30(31,32)33)37-27(39)21-11-20-13-29(14-25(20)35-15-21)18(2)36-26-23(29)9-6-10-34-26/h3-11,15,17,22,24H,12-14,16H2,1-2H3,(H,37,39). The van der Waals surface area contributed by atoms with Crippen LogP contribution in [0.3, 0.4) is 0 Å². The number of hydrogen-bond acceptors (Lipinski definition) is 5. The van der Waals surface area contributed by atoms with Gasteiger partial charge in [0.15, 0.2) is 5.82 Å². The molecule has 1 saturated heterocycles. The summed E-state index contributed by atoms with van der Waals surface area (Å²) in [5.41, 5.74) is 4.49. The van der Waals surface area contributed by atoms with Gasteiger partial charge in [0.05, 0.1) is 5.56 Å². The summed E-state index contributed by atoms with van der Waals surface area (Å²) in [6, 6.07) is 13.0. The van der Waals surface area contributed by atoms with Gasteiger partial charge < -0.3 is 10.2 Å². The van der Waals surface area contributed by atoms with Gasteiger partial charge in [-0.1, -0.05) is 36.4 Å². The zero-order chi connectivity index (χ0) is 28.2. The third-order valence-corrected chi connectivity index (χ3v) is 8.58. The molecule has 4 atom stereocenters. The Morgan fingerprint density at radius 1 is 1.12 bits per heavy atom. The van der Waals surface area contributed by atoms with Crippen LogP contribution in [0, 0.1) is 0 Å². The van der Waals surface area contributed by atoms with Gasteiger partial charge in [0.2, 0.25) is 5.91 Å². The van der Waals surface area contributed by atoms with Gasteiger partial charge in [-0.2, -0.15) is 13.2 Å². The average Bonchev–Trinajstić information content (AvgIpc) is 3.44. The van der Waals surface area contributed by atoms with Crippen LogP contribution in [0.4, 0.5) is 19.0 Å². The predicted octanol–water partition coefficient (Wildman–Crippen LogP) is 4.68. The number of piperidine rings is 1. The molecule has 1 aliphatic carbocycles. The molecule has 1 N–H and O–H groups in total. The number of aliphatic imine (C=N–C) groups is 1. The van der Waals surface area contributed by atoms with E-state index >= 15 is 0 Å². The van der Waals surface area contributed by atoms with Crippen LogP contribution in [0.2, 0.25) is 0 Å². The maximum absolute atomic E-state index is 13.4. The second kappa shape index (κ2) is 9.53. The van der Waals surface area contributed by atoms with Crippen molar-refractivity contribution in [1.82, 2.24) is 20.2 Å². The number of likely N-dealkylation sites (tertiary alicyclic amines) is 1. The molecule has 6 rings (SSSR count). The van der Waals surface area contributed by atoms with Crippen molar-refractivity contribution in [3.63, 3.8) is 0 Å². The maximum atomic E-state index is 13.4. The van der Waals surface area contributed by atoms with Crippen molar-refractivity contribution in [1.29, 1.82) is 0 Å². The number of rotatable bonds is 4. The number of nitrogens with one attached hydrogen (secondary N) is 1. The molecule has 4 unspecified atom stereocenters. The summed E-state index contributed by atoms with van der Waals surface area (Å²) >= 11 is 0. The molecule has 10 heteroatoms. The lowest BCUT2D eigenvalue weighted by Gasteiger charge is -2.43. The highest BCUT2D eigenvalue weighted by Crippen LogP contribution is 2.47. The van der Waals surface area contributed by atoms with Crippen molar-refractivity contribution in [2.45, 2.75) is 62.7 Å². The van der Waals surface area contributed by atoms with E-state index in [1.165, 1.54) is 6.20 Å². The first-order valence-corrected chi connectivity index (χ1v) is 13.3. The minimum Gasteiger partial charge on any atom is -0.340 e. The van der Waals surface area contributed by atoms with E-state index in [-0.39, 0.29) is 23.3 Å². The van der Waals surface area contributed by atoms with Crippen LogP contribution in [0.15, 0.2) is 65.9 Å². The van der Waals surface area contributed by atoms with Gasteiger partial charge in [-0.25, -0.2) is 9.98 Å². The number of alkyl halides is 3. The monoisotopic (exact) mass is 547 g/mol. The van der Waals surface area contributed by atoms with E-state index in [0.717, 1.165) is 33.0 Å². The van der Waals surface area contributed by atoms with Gasteiger partial charge in [0.1, 0.15) is 12.6 Å².